The van der Waals surface area contributed by atoms with Crippen LogP contribution in [0.3, 0.4) is 0 Å². The molecule has 2 aromatic heterocycles. The van der Waals surface area contributed by atoms with Gasteiger partial charge in [-0.25, -0.2) is 15.0 Å². The molecule has 280 valence electrons. The van der Waals surface area contributed by atoms with Gasteiger partial charge in [0.1, 0.15) is 0 Å². The van der Waals surface area contributed by atoms with E-state index in [1.54, 1.807) is 0 Å². The molecule has 9 aromatic carbocycles. The Morgan fingerprint density at radius 3 is 1.27 bits per heavy atom. The third-order valence-corrected chi connectivity index (χ3v) is 11.4. The van der Waals surface area contributed by atoms with E-state index in [0.717, 1.165) is 71.7 Å². The fourth-order valence-corrected chi connectivity index (χ4v) is 8.27. The third kappa shape index (κ3) is 6.56. The van der Waals surface area contributed by atoms with Crippen molar-refractivity contribution in [1.82, 2.24) is 19.9 Å². The molecule has 0 fully saturated rings. The molecule has 0 aliphatic rings. The Morgan fingerprint density at radius 2 is 0.667 bits per heavy atom. The number of hydrogen-bond acceptors (Lipinski definition) is 4. The van der Waals surface area contributed by atoms with E-state index in [-0.39, 0.29) is 0 Å². The fourth-order valence-electron chi connectivity index (χ4n) is 8.27. The summed E-state index contributed by atoms with van der Waals surface area (Å²) in [5.74, 6) is 1.88. The minimum absolute atomic E-state index is 0.627. The van der Waals surface area contributed by atoms with Crippen molar-refractivity contribution in [2.24, 2.45) is 0 Å². The van der Waals surface area contributed by atoms with Gasteiger partial charge in [-0.05, 0) is 72.8 Å². The van der Waals surface area contributed by atoms with Crippen molar-refractivity contribution in [2.45, 2.75) is 0 Å². The summed E-state index contributed by atoms with van der Waals surface area (Å²) in [5.41, 5.74) is 13.0. The maximum atomic E-state index is 5.18. The number of rotatable bonds is 7. The van der Waals surface area contributed by atoms with E-state index in [4.69, 9.17) is 19.9 Å². The molecule has 0 saturated carbocycles. The molecule has 4 heteroatoms. The number of benzene rings is 9. The topological polar surface area (TPSA) is 51.6 Å². The summed E-state index contributed by atoms with van der Waals surface area (Å²) in [6, 6.07) is 74.5. The number of pyridine rings is 1. The van der Waals surface area contributed by atoms with Gasteiger partial charge in [0.25, 0.3) is 0 Å². The van der Waals surface area contributed by atoms with Gasteiger partial charge in [-0.3, -0.25) is 4.98 Å². The first-order chi connectivity index (χ1) is 29.7. The number of nitrogens with zero attached hydrogens (tertiary/aromatic N) is 4. The van der Waals surface area contributed by atoms with E-state index >= 15 is 0 Å². The van der Waals surface area contributed by atoms with E-state index in [2.05, 4.69) is 200 Å². The number of fused-ring (bicyclic) bond motifs is 4. The van der Waals surface area contributed by atoms with Gasteiger partial charge < -0.3 is 0 Å². The van der Waals surface area contributed by atoms with E-state index in [1.807, 2.05) is 18.3 Å². The van der Waals surface area contributed by atoms with Crippen LogP contribution in [0.1, 0.15) is 0 Å². The summed E-state index contributed by atoms with van der Waals surface area (Å²) < 4.78 is 0. The normalized spacial score (nSPS) is 11.3. The van der Waals surface area contributed by atoms with Crippen LogP contribution in [0.4, 0.5) is 0 Å². The van der Waals surface area contributed by atoms with Gasteiger partial charge in [-0.2, -0.15) is 0 Å². The Bertz CT molecular complexity index is 3220. The second kappa shape index (κ2) is 15.0. The maximum absolute atomic E-state index is 5.18. The van der Waals surface area contributed by atoms with Crippen molar-refractivity contribution in [2.75, 3.05) is 0 Å². The van der Waals surface area contributed by atoms with Crippen LogP contribution in [-0.4, -0.2) is 19.9 Å². The van der Waals surface area contributed by atoms with Crippen molar-refractivity contribution in [1.29, 1.82) is 0 Å². The molecule has 11 rings (SSSR count). The van der Waals surface area contributed by atoms with Crippen LogP contribution in [0, 0.1) is 0 Å². The van der Waals surface area contributed by atoms with Gasteiger partial charge in [0, 0.05) is 33.7 Å². The van der Waals surface area contributed by atoms with Crippen LogP contribution in [0.2, 0.25) is 0 Å². The summed E-state index contributed by atoms with van der Waals surface area (Å²) in [4.78, 5) is 20.2. The third-order valence-electron chi connectivity index (χ3n) is 11.4. The molecule has 4 nitrogen and oxygen atoms in total. The molecule has 0 unspecified atom stereocenters. The van der Waals surface area contributed by atoms with Crippen LogP contribution in [0.15, 0.2) is 219 Å². The number of hydrogen-bond donors (Lipinski definition) is 0. The summed E-state index contributed by atoms with van der Waals surface area (Å²) in [7, 11) is 0. The zero-order valence-electron chi connectivity index (χ0n) is 32.6. The van der Waals surface area contributed by atoms with Crippen molar-refractivity contribution < 1.29 is 0 Å². The van der Waals surface area contributed by atoms with Gasteiger partial charge in [0.2, 0.25) is 0 Å². The molecule has 0 aliphatic carbocycles. The van der Waals surface area contributed by atoms with E-state index in [0.29, 0.717) is 17.5 Å². The molecular weight excluding hydrogens is 729 g/mol. The highest BCUT2D eigenvalue weighted by Gasteiger charge is 2.17. The molecule has 0 saturated heterocycles. The smallest absolute Gasteiger partial charge is 0.164 e. The predicted octanol–water partition coefficient (Wildman–Crippen LogP) is 14.4. The van der Waals surface area contributed by atoms with E-state index in [9.17, 15) is 0 Å². The largest absolute Gasteiger partial charge is 0.256 e. The molecule has 0 spiro atoms. The minimum atomic E-state index is 0.627. The average molecular weight is 765 g/mol. The summed E-state index contributed by atoms with van der Waals surface area (Å²) in [6.45, 7) is 0. The SMILES string of the molecule is c1ccc(-c2ccc(-c3nc(-c4ccc(-c5ccccc5)cc4)nc(-c4ccc(-c5ccc(-c6ccc7c(c6)ncc6ccccc67)cc5)c5ccccc45)n3)cc2)cc1. The lowest BCUT2D eigenvalue weighted by Crippen LogP contribution is -2.01. The van der Waals surface area contributed by atoms with Gasteiger partial charge in [0.05, 0.1) is 5.52 Å². The van der Waals surface area contributed by atoms with Crippen LogP contribution in [0.5, 0.6) is 0 Å². The van der Waals surface area contributed by atoms with Crippen molar-refractivity contribution in [3.8, 4) is 78.7 Å². The lowest BCUT2D eigenvalue weighted by molar-refractivity contribution is 1.08. The molecule has 0 aliphatic heterocycles. The van der Waals surface area contributed by atoms with Crippen LogP contribution in [0.25, 0.3) is 111 Å². The Morgan fingerprint density at radius 1 is 0.250 bits per heavy atom. The van der Waals surface area contributed by atoms with Crippen molar-refractivity contribution in [3.63, 3.8) is 0 Å². The quantitative estimate of drug-likeness (QED) is 0.152. The predicted molar refractivity (Wildman–Crippen MR) is 248 cm³/mol. The average Bonchev–Trinajstić information content (AvgIpc) is 3.34. The number of aromatic nitrogens is 4. The van der Waals surface area contributed by atoms with Gasteiger partial charge in [-0.15, -0.1) is 0 Å². The lowest BCUT2D eigenvalue weighted by Gasteiger charge is -2.14. The first-order valence-electron chi connectivity index (χ1n) is 20.2. The first kappa shape index (κ1) is 35.1. The molecule has 0 radical (unpaired) electrons. The Labute approximate surface area is 348 Å². The summed E-state index contributed by atoms with van der Waals surface area (Å²) in [6.07, 6.45) is 1.96. The molecule has 0 amide bonds. The van der Waals surface area contributed by atoms with Crippen molar-refractivity contribution >= 4 is 32.4 Å². The summed E-state index contributed by atoms with van der Waals surface area (Å²) in [5, 5.41) is 5.75. The van der Waals surface area contributed by atoms with E-state index in [1.165, 1.54) is 21.9 Å². The van der Waals surface area contributed by atoms with Crippen LogP contribution < -0.4 is 0 Å². The van der Waals surface area contributed by atoms with Crippen LogP contribution >= 0.6 is 0 Å². The molecular formula is C56H36N4. The molecule has 0 bridgehead atoms. The zero-order valence-corrected chi connectivity index (χ0v) is 32.6. The Balaban J connectivity index is 0.979. The van der Waals surface area contributed by atoms with Crippen molar-refractivity contribution in [3.05, 3.63) is 219 Å². The fraction of sp³-hybridized carbons (Fsp3) is 0. The van der Waals surface area contributed by atoms with Crippen LogP contribution in [-0.2, 0) is 0 Å². The van der Waals surface area contributed by atoms with Gasteiger partial charge in [-0.1, -0.05) is 200 Å². The Kier molecular flexibility index (Phi) is 8.79. The minimum Gasteiger partial charge on any atom is -0.256 e. The highest BCUT2D eigenvalue weighted by molar-refractivity contribution is 6.07. The summed E-state index contributed by atoms with van der Waals surface area (Å²) >= 11 is 0. The first-order valence-corrected chi connectivity index (χ1v) is 20.2. The maximum Gasteiger partial charge on any atom is 0.164 e. The lowest BCUT2D eigenvalue weighted by atomic mass is 9.93. The second-order valence-electron chi connectivity index (χ2n) is 15.1. The molecule has 11 aromatic rings. The van der Waals surface area contributed by atoms with Gasteiger partial charge in [0.15, 0.2) is 17.5 Å². The second-order valence-corrected chi connectivity index (χ2v) is 15.1. The highest BCUT2D eigenvalue weighted by atomic mass is 15.0. The highest BCUT2D eigenvalue weighted by Crippen LogP contribution is 2.37. The molecule has 60 heavy (non-hydrogen) atoms. The molecule has 0 N–H and O–H groups in total. The standard InChI is InChI=1S/C56H36N4/c1-3-11-37(12-4-1)39-21-27-43(28-22-39)54-58-55(44-29-23-40(24-30-44)38-13-5-2-6-14-38)60-56(59-54)52-34-33-48(49-17-9-10-18-50(49)52)42-25-19-41(20-26-42)45-31-32-51-47-16-8-7-15-46(47)36-57-53(51)35-45/h1-36H. The monoisotopic (exact) mass is 764 g/mol. The molecule has 2 heterocycles. The Hall–Kier alpha value is -8.08. The molecule has 0 atom stereocenters. The zero-order chi connectivity index (χ0) is 39.8. The van der Waals surface area contributed by atoms with Gasteiger partial charge >= 0.3 is 0 Å². The van der Waals surface area contributed by atoms with E-state index < -0.39 is 0 Å².